The van der Waals surface area contributed by atoms with Gasteiger partial charge in [0.25, 0.3) is 0 Å². The largest absolute Gasteiger partial charge is 0.349 e. The predicted octanol–water partition coefficient (Wildman–Crippen LogP) is 2.80. The summed E-state index contributed by atoms with van der Waals surface area (Å²) >= 11 is 0. The van der Waals surface area contributed by atoms with Gasteiger partial charge in [0.15, 0.2) is 5.79 Å². The van der Waals surface area contributed by atoms with Crippen LogP contribution >= 0.6 is 0 Å². The third kappa shape index (κ3) is 2.69. The van der Waals surface area contributed by atoms with Crippen LogP contribution < -0.4 is 0 Å². The van der Waals surface area contributed by atoms with Crippen molar-refractivity contribution in [3.8, 4) is 0 Å². The molecule has 2 aliphatic rings. The Morgan fingerprint density at radius 2 is 1.79 bits per heavy atom. The van der Waals surface area contributed by atoms with Gasteiger partial charge in [-0.25, -0.2) is 0 Å². The van der Waals surface area contributed by atoms with E-state index in [9.17, 15) is 0 Å². The fourth-order valence-electron chi connectivity index (χ4n) is 3.07. The predicted molar refractivity (Wildman–Crippen MR) is 74.8 cm³/mol. The van der Waals surface area contributed by atoms with Crippen molar-refractivity contribution < 1.29 is 9.47 Å². The maximum Gasteiger partial charge on any atom is 0.162 e. The first-order chi connectivity index (χ1) is 9.10. The SMILES string of the molecule is CC1(C)OCC2(CCCN2Cc2ccccc2)CO1. The third-order valence-corrected chi connectivity index (χ3v) is 4.33. The molecule has 0 bridgehead atoms. The van der Waals surface area contributed by atoms with E-state index in [1.807, 2.05) is 13.8 Å². The molecule has 2 heterocycles. The average molecular weight is 261 g/mol. The lowest BCUT2D eigenvalue weighted by Gasteiger charge is -2.46. The summed E-state index contributed by atoms with van der Waals surface area (Å²) in [6, 6.07) is 10.7. The second-order valence-electron chi connectivity index (χ2n) is 6.21. The molecular formula is C16H23NO2. The number of hydrogen-bond donors (Lipinski definition) is 0. The lowest BCUT2D eigenvalue weighted by atomic mass is 9.96. The molecule has 0 N–H and O–H groups in total. The molecular weight excluding hydrogens is 238 g/mol. The molecule has 2 saturated heterocycles. The van der Waals surface area contributed by atoms with E-state index in [0.29, 0.717) is 0 Å². The van der Waals surface area contributed by atoms with Crippen LogP contribution in [0.1, 0.15) is 32.3 Å². The molecule has 0 amide bonds. The summed E-state index contributed by atoms with van der Waals surface area (Å²) in [5.74, 6) is -0.424. The number of ether oxygens (including phenoxy) is 2. The van der Waals surface area contributed by atoms with Crippen LogP contribution in [0.2, 0.25) is 0 Å². The highest BCUT2D eigenvalue weighted by Gasteiger charge is 2.46. The van der Waals surface area contributed by atoms with Gasteiger partial charge in [-0.05, 0) is 38.8 Å². The summed E-state index contributed by atoms with van der Waals surface area (Å²) in [4.78, 5) is 2.54. The van der Waals surface area contributed by atoms with Gasteiger partial charge in [-0.3, -0.25) is 4.90 Å². The second kappa shape index (κ2) is 4.89. The molecule has 1 aromatic carbocycles. The molecule has 3 nitrogen and oxygen atoms in total. The van der Waals surface area contributed by atoms with E-state index in [0.717, 1.165) is 26.3 Å². The van der Waals surface area contributed by atoms with E-state index >= 15 is 0 Å². The smallest absolute Gasteiger partial charge is 0.162 e. The first kappa shape index (κ1) is 13.1. The maximum absolute atomic E-state index is 5.91. The van der Waals surface area contributed by atoms with Gasteiger partial charge in [-0.2, -0.15) is 0 Å². The van der Waals surface area contributed by atoms with Crippen LogP contribution in [-0.2, 0) is 16.0 Å². The lowest BCUT2D eigenvalue weighted by molar-refractivity contribution is -0.283. The van der Waals surface area contributed by atoms with Crippen molar-refractivity contribution in [3.63, 3.8) is 0 Å². The van der Waals surface area contributed by atoms with Crippen molar-refractivity contribution in [1.29, 1.82) is 0 Å². The first-order valence-electron chi connectivity index (χ1n) is 7.17. The van der Waals surface area contributed by atoms with Gasteiger partial charge in [0.1, 0.15) is 0 Å². The molecule has 0 unspecified atom stereocenters. The highest BCUT2D eigenvalue weighted by molar-refractivity contribution is 5.15. The van der Waals surface area contributed by atoms with Crippen LogP contribution in [0.4, 0.5) is 0 Å². The topological polar surface area (TPSA) is 21.7 Å². The number of benzene rings is 1. The Morgan fingerprint density at radius 3 is 2.47 bits per heavy atom. The zero-order chi connectivity index (χ0) is 13.3. The van der Waals surface area contributed by atoms with Gasteiger partial charge < -0.3 is 9.47 Å². The van der Waals surface area contributed by atoms with Gasteiger partial charge in [-0.15, -0.1) is 0 Å². The van der Waals surface area contributed by atoms with Crippen LogP contribution in [0.5, 0.6) is 0 Å². The second-order valence-corrected chi connectivity index (χ2v) is 6.21. The fourth-order valence-corrected chi connectivity index (χ4v) is 3.07. The van der Waals surface area contributed by atoms with E-state index in [-0.39, 0.29) is 5.54 Å². The van der Waals surface area contributed by atoms with Gasteiger partial charge in [0, 0.05) is 6.54 Å². The molecule has 0 atom stereocenters. The van der Waals surface area contributed by atoms with Gasteiger partial charge in [0.05, 0.1) is 18.8 Å². The van der Waals surface area contributed by atoms with Gasteiger partial charge in [0.2, 0.25) is 0 Å². The minimum atomic E-state index is -0.424. The standard InChI is InChI=1S/C16H23NO2/c1-15(2)18-12-16(13-19-15)9-6-10-17(16)11-14-7-4-3-5-8-14/h3-5,7-8H,6,9-13H2,1-2H3. The minimum absolute atomic E-state index is 0.0887. The Kier molecular flexibility index (Phi) is 3.37. The van der Waals surface area contributed by atoms with Crippen LogP contribution in [-0.4, -0.2) is 36.0 Å². The minimum Gasteiger partial charge on any atom is -0.349 e. The summed E-state index contributed by atoms with van der Waals surface area (Å²) in [6.45, 7) is 7.70. The van der Waals surface area contributed by atoms with Crippen LogP contribution in [0.3, 0.4) is 0 Å². The zero-order valence-corrected chi connectivity index (χ0v) is 11.9. The Labute approximate surface area is 115 Å². The number of hydrogen-bond acceptors (Lipinski definition) is 3. The van der Waals surface area contributed by atoms with Crippen LogP contribution in [0.15, 0.2) is 30.3 Å². The van der Waals surface area contributed by atoms with E-state index < -0.39 is 5.79 Å². The molecule has 0 aliphatic carbocycles. The lowest BCUT2D eigenvalue weighted by Crippen LogP contribution is -2.57. The third-order valence-electron chi connectivity index (χ3n) is 4.33. The summed E-state index contributed by atoms with van der Waals surface area (Å²) in [6.07, 6.45) is 2.41. The molecule has 1 spiro atoms. The molecule has 19 heavy (non-hydrogen) atoms. The normalized spacial score (nSPS) is 25.8. The quantitative estimate of drug-likeness (QED) is 0.817. The Balaban J connectivity index is 1.72. The van der Waals surface area contributed by atoms with Gasteiger partial charge in [-0.1, -0.05) is 30.3 Å². The van der Waals surface area contributed by atoms with E-state index in [1.165, 1.54) is 18.4 Å². The maximum atomic E-state index is 5.91. The summed E-state index contributed by atoms with van der Waals surface area (Å²) in [5, 5.41) is 0. The van der Waals surface area contributed by atoms with Crippen molar-refractivity contribution in [2.45, 2.75) is 44.6 Å². The monoisotopic (exact) mass is 261 g/mol. The van der Waals surface area contributed by atoms with Crippen molar-refractivity contribution in [1.82, 2.24) is 4.90 Å². The number of rotatable bonds is 2. The summed E-state index contributed by atoms with van der Waals surface area (Å²) < 4.78 is 11.8. The molecule has 2 fully saturated rings. The Bertz CT molecular complexity index is 420. The van der Waals surface area contributed by atoms with Crippen LogP contribution in [0.25, 0.3) is 0 Å². The molecule has 0 aromatic heterocycles. The Hall–Kier alpha value is -0.900. The molecule has 1 aromatic rings. The molecule has 104 valence electrons. The molecule has 3 heteroatoms. The van der Waals surface area contributed by atoms with E-state index in [1.54, 1.807) is 0 Å². The average Bonchev–Trinajstić information content (AvgIpc) is 2.78. The number of likely N-dealkylation sites (tertiary alicyclic amines) is 1. The van der Waals surface area contributed by atoms with Gasteiger partial charge >= 0.3 is 0 Å². The Morgan fingerprint density at radius 1 is 1.11 bits per heavy atom. The molecule has 2 aliphatic heterocycles. The molecule has 0 radical (unpaired) electrons. The molecule has 3 rings (SSSR count). The zero-order valence-electron chi connectivity index (χ0n) is 11.9. The van der Waals surface area contributed by atoms with Crippen molar-refractivity contribution in [3.05, 3.63) is 35.9 Å². The molecule has 0 saturated carbocycles. The number of nitrogens with zero attached hydrogens (tertiary/aromatic N) is 1. The highest BCUT2D eigenvalue weighted by atomic mass is 16.7. The van der Waals surface area contributed by atoms with Crippen molar-refractivity contribution >= 4 is 0 Å². The van der Waals surface area contributed by atoms with Crippen molar-refractivity contribution in [2.75, 3.05) is 19.8 Å². The first-order valence-corrected chi connectivity index (χ1v) is 7.17. The summed E-state index contributed by atoms with van der Waals surface area (Å²) in [7, 11) is 0. The van der Waals surface area contributed by atoms with E-state index in [2.05, 4.69) is 35.2 Å². The van der Waals surface area contributed by atoms with E-state index in [4.69, 9.17) is 9.47 Å². The summed E-state index contributed by atoms with van der Waals surface area (Å²) in [5.41, 5.74) is 1.46. The van der Waals surface area contributed by atoms with Crippen molar-refractivity contribution in [2.24, 2.45) is 0 Å². The van der Waals surface area contributed by atoms with Crippen LogP contribution in [0, 0.1) is 0 Å². The fraction of sp³-hybridized carbons (Fsp3) is 0.625. The highest BCUT2D eigenvalue weighted by Crippen LogP contribution is 2.36.